The fraction of sp³-hybridized carbons (Fsp3) is 0.208. The number of para-hydroxylation sites is 1. The lowest BCUT2D eigenvalue weighted by Gasteiger charge is -2.37. The highest BCUT2D eigenvalue weighted by Crippen LogP contribution is 2.38. The summed E-state index contributed by atoms with van der Waals surface area (Å²) in [5, 5.41) is 4.14. The molecule has 2 heterocycles. The molecule has 2 atom stereocenters. The van der Waals surface area contributed by atoms with Gasteiger partial charge in [0.15, 0.2) is 30.2 Å². The van der Waals surface area contributed by atoms with Gasteiger partial charge < -0.3 is 19.0 Å². The van der Waals surface area contributed by atoms with Crippen LogP contribution in [0.2, 0.25) is 0 Å². The van der Waals surface area contributed by atoms with Crippen molar-refractivity contribution in [1.82, 2.24) is 5.16 Å². The zero-order chi connectivity index (χ0) is 25.1. The molecule has 0 radical (unpaired) electrons. The number of hydrogen-bond acceptors (Lipinski definition) is 6. The molecule has 35 heavy (non-hydrogen) atoms. The van der Waals surface area contributed by atoms with E-state index >= 15 is 0 Å². The standard InChI is InChI=1S/C24H25FN3O6P/c1-28(16-33-35(29,30)31)12-4-5-20(24(28)26)23-14-19(27-34-23)13-17-8-10-18(11-9-17)15-32-22-7-3-2-6-21(22)25/h2-12,14,24H,13,15-16,26H2,1H3,(H-,29,30,31)/p+1. The molecular formula is C24H26FN3O6P+. The van der Waals surface area contributed by atoms with Gasteiger partial charge in [-0.2, -0.15) is 0 Å². The zero-order valence-corrected chi connectivity index (χ0v) is 19.8. The molecule has 4 N–H and O–H groups in total. The first-order valence-corrected chi connectivity index (χ1v) is 12.3. The predicted octanol–water partition coefficient (Wildman–Crippen LogP) is 3.69. The van der Waals surface area contributed by atoms with Crippen LogP contribution in [0.3, 0.4) is 0 Å². The van der Waals surface area contributed by atoms with Crippen LogP contribution in [-0.4, -0.2) is 39.4 Å². The lowest BCUT2D eigenvalue weighted by atomic mass is 10.0. The molecule has 1 aliphatic rings. The van der Waals surface area contributed by atoms with E-state index in [0.29, 0.717) is 23.4 Å². The van der Waals surface area contributed by atoms with Crippen molar-refractivity contribution in [2.75, 3.05) is 13.8 Å². The third-order valence-corrected chi connectivity index (χ3v) is 6.10. The molecule has 11 heteroatoms. The Hall–Kier alpha value is -3.11. The van der Waals surface area contributed by atoms with Gasteiger partial charge >= 0.3 is 7.82 Å². The smallest absolute Gasteiger partial charge is 0.474 e. The number of likely N-dealkylation sites (N-methyl/N-ethyl adjacent to an activating group) is 1. The van der Waals surface area contributed by atoms with Gasteiger partial charge in [-0.15, -0.1) is 0 Å². The SMILES string of the molecule is C[N+]1(COP(=O)(O)O)C=CC=C(c2cc(Cc3ccc(COc4ccccc4F)cc3)no2)C1N. The molecule has 0 bridgehead atoms. The molecule has 184 valence electrons. The lowest BCUT2D eigenvalue weighted by molar-refractivity contribution is -0.893. The topological polar surface area (TPSA) is 128 Å². The van der Waals surface area contributed by atoms with Gasteiger partial charge in [0.05, 0.1) is 24.5 Å². The summed E-state index contributed by atoms with van der Waals surface area (Å²) >= 11 is 0. The normalized spacial score (nSPS) is 20.0. The summed E-state index contributed by atoms with van der Waals surface area (Å²) in [6.45, 7) is -0.0646. The number of phosphoric acid groups is 1. The average molecular weight is 502 g/mol. The minimum absolute atomic E-state index is 0.0800. The van der Waals surface area contributed by atoms with Gasteiger partial charge in [-0.3, -0.25) is 10.2 Å². The summed E-state index contributed by atoms with van der Waals surface area (Å²) in [5.74, 6) is 0.273. The summed E-state index contributed by atoms with van der Waals surface area (Å²) in [6, 6.07) is 15.8. The number of benzene rings is 2. The molecule has 9 nitrogen and oxygen atoms in total. The molecule has 1 aromatic heterocycles. The van der Waals surface area contributed by atoms with Crippen molar-refractivity contribution in [1.29, 1.82) is 0 Å². The first-order chi connectivity index (χ1) is 16.6. The van der Waals surface area contributed by atoms with Gasteiger partial charge in [0.1, 0.15) is 6.61 Å². The monoisotopic (exact) mass is 502 g/mol. The van der Waals surface area contributed by atoms with Crippen molar-refractivity contribution >= 4 is 13.4 Å². The van der Waals surface area contributed by atoms with Crippen LogP contribution < -0.4 is 10.5 Å². The van der Waals surface area contributed by atoms with E-state index in [9.17, 15) is 8.96 Å². The second-order valence-corrected chi connectivity index (χ2v) is 9.64. The van der Waals surface area contributed by atoms with E-state index in [1.807, 2.05) is 24.3 Å². The van der Waals surface area contributed by atoms with E-state index in [2.05, 4.69) is 9.68 Å². The molecule has 0 aliphatic carbocycles. The van der Waals surface area contributed by atoms with Crippen molar-refractivity contribution in [2.45, 2.75) is 19.2 Å². The minimum Gasteiger partial charge on any atom is -0.486 e. The second-order valence-electron chi connectivity index (χ2n) is 8.40. The van der Waals surface area contributed by atoms with Crippen LogP contribution in [0.5, 0.6) is 5.75 Å². The Morgan fingerprint density at radius 3 is 2.60 bits per heavy atom. The third kappa shape index (κ3) is 6.32. The molecule has 0 saturated carbocycles. The number of nitrogens with zero attached hydrogens (tertiary/aromatic N) is 2. The van der Waals surface area contributed by atoms with Crippen molar-refractivity contribution in [3.63, 3.8) is 0 Å². The molecule has 2 unspecified atom stereocenters. The molecule has 0 spiro atoms. The highest BCUT2D eigenvalue weighted by Gasteiger charge is 2.37. The molecule has 4 rings (SSSR count). The molecule has 0 saturated heterocycles. The number of ether oxygens (including phenoxy) is 1. The Labute approximate surface area is 201 Å². The maximum Gasteiger partial charge on any atom is 0.474 e. The van der Waals surface area contributed by atoms with E-state index in [0.717, 1.165) is 11.1 Å². The first kappa shape index (κ1) is 25.0. The molecule has 2 aromatic carbocycles. The number of phosphoric ester groups is 1. The fourth-order valence-corrected chi connectivity index (χ4v) is 4.02. The number of rotatable bonds is 9. The Morgan fingerprint density at radius 2 is 1.89 bits per heavy atom. The fourth-order valence-electron chi connectivity index (χ4n) is 3.62. The van der Waals surface area contributed by atoms with Gasteiger partial charge in [0, 0.05) is 12.5 Å². The number of quaternary nitrogens is 1. The Kier molecular flexibility index (Phi) is 7.32. The average Bonchev–Trinajstić information content (AvgIpc) is 3.28. The van der Waals surface area contributed by atoms with Gasteiger partial charge in [0.2, 0.25) is 0 Å². The molecule has 0 fully saturated rings. The van der Waals surface area contributed by atoms with Crippen LogP contribution in [0, 0.1) is 5.82 Å². The molecule has 1 aliphatic heterocycles. The van der Waals surface area contributed by atoms with Crippen LogP contribution in [0.4, 0.5) is 4.39 Å². The Balaban J connectivity index is 1.38. The van der Waals surface area contributed by atoms with E-state index in [1.165, 1.54) is 6.07 Å². The number of halogens is 1. The maximum absolute atomic E-state index is 13.7. The lowest BCUT2D eigenvalue weighted by Crippen LogP contribution is -2.55. The Bertz CT molecular complexity index is 1290. The highest BCUT2D eigenvalue weighted by atomic mass is 31.2. The van der Waals surface area contributed by atoms with Crippen molar-refractivity contribution in [3.8, 4) is 5.75 Å². The van der Waals surface area contributed by atoms with Crippen molar-refractivity contribution < 1.29 is 37.0 Å². The van der Waals surface area contributed by atoms with Crippen LogP contribution in [0.1, 0.15) is 22.6 Å². The maximum atomic E-state index is 13.7. The quantitative estimate of drug-likeness (QED) is 0.299. The van der Waals surface area contributed by atoms with Crippen molar-refractivity contribution in [2.24, 2.45) is 5.73 Å². The van der Waals surface area contributed by atoms with E-state index in [4.69, 9.17) is 24.8 Å². The number of aromatic nitrogens is 1. The first-order valence-electron chi connectivity index (χ1n) is 10.7. The zero-order valence-electron chi connectivity index (χ0n) is 19.0. The number of nitrogens with two attached hydrogens (primary N) is 1. The van der Waals surface area contributed by atoms with Crippen LogP contribution in [0.25, 0.3) is 5.57 Å². The largest absolute Gasteiger partial charge is 0.486 e. The van der Waals surface area contributed by atoms with Gasteiger partial charge in [-0.1, -0.05) is 41.6 Å². The number of allylic oxidation sites excluding steroid dienone is 2. The summed E-state index contributed by atoms with van der Waals surface area (Å²) in [6.07, 6.45) is 5.03. The predicted molar refractivity (Wildman–Crippen MR) is 126 cm³/mol. The van der Waals surface area contributed by atoms with E-state index < -0.39 is 19.8 Å². The summed E-state index contributed by atoms with van der Waals surface area (Å²) in [4.78, 5) is 18.1. The molecule has 0 amide bonds. The third-order valence-electron chi connectivity index (χ3n) is 5.64. The van der Waals surface area contributed by atoms with Gasteiger partial charge in [-0.05, 0) is 35.4 Å². The summed E-state index contributed by atoms with van der Waals surface area (Å²) < 4.78 is 40.5. The van der Waals surface area contributed by atoms with Crippen LogP contribution in [0.15, 0.2) is 77.5 Å². The Morgan fingerprint density at radius 1 is 1.17 bits per heavy atom. The van der Waals surface area contributed by atoms with Gasteiger partial charge in [0.25, 0.3) is 0 Å². The van der Waals surface area contributed by atoms with Crippen molar-refractivity contribution in [3.05, 3.63) is 101 Å². The summed E-state index contributed by atoms with van der Waals surface area (Å²) in [7, 11) is -2.95. The van der Waals surface area contributed by atoms with E-state index in [1.54, 1.807) is 49.7 Å². The van der Waals surface area contributed by atoms with Crippen LogP contribution >= 0.6 is 7.82 Å². The summed E-state index contributed by atoms with van der Waals surface area (Å²) in [5.41, 5.74) is 9.59. The van der Waals surface area contributed by atoms with E-state index in [-0.39, 0.29) is 23.6 Å². The van der Waals surface area contributed by atoms with Gasteiger partial charge in [-0.25, -0.2) is 13.5 Å². The second kappa shape index (κ2) is 10.2. The minimum atomic E-state index is -4.64. The molecular weight excluding hydrogens is 476 g/mol. The highest BCUT2D eigenvalue weighted by molar-refractivity contribution is 7.46. The number of hydrogen-bond donors (Lipinski definition) is 3. The van der Waals surface area contributed by atoms with Crippen LogP contribution in [-0.2, 0) is 22.1 Å². The molecule has 3 aromatic rings.